The normalized spacial score (nSPS) is 16.4. The van der Waals surface area contributed by atoms with Crippen LogP contribution in [0.25, 0.3) is 0 Å². The topological polar surface area (TPSA) is 74.5 Å². The number of phenols is 1. The van der Waals surface area contributed by atoms with Crippen LogP contribution in [0.1, 0.15) is 58.6 Å². The number of piperidine rings is 1. The Morgan fingerprint density at radius 1 is 1.03 bits per heavy atom. The second-order valence-corrected chi connectivity index (χ2v) is 9.45. The smallest absolute Gasteiger partial charge is 0.274 e. The zero-order chi connectivity index (χ0) is 23.3. The molecule has 7 heteroatoms. The van der Waals surface area contributed by atoms with E-state index in [1.807, 2.05) is 35.4 Å². The molecule has 0 bridgehead atoms. The summed E-state index contributed by atoms with van der Waals surface area (Å²) in [5, 5.41) is 14.7. The van der Waals surface area contributed by atoms with Gasteiger partial charge in [0.15, 0.2) is 5.69 Å². The van der Waals surface area contributed by atoms with E-state index in [2.05, 4.69) is 20.6 Å². The van der Waals surface area contributed by atoms with E-state index in [4.69, 9.17) is 5.10 Å². The Morgan fingerprint density at radius 3 is 2.68 bits per heavy atom. The summed E-state index contributed by atoms with van der Waals surface area (Å²) in [5.41, 5.74) is 5.24. The minimum Gasteiger partial charge on any atom is -0.508 e. The Balaban J connectivity index is 1.36. The SMILES string of the molecule is O=C(c1nn(CCCc2cccnc2)c2c1CN(Cc1cccc(O)c1)CC2)N1CCCCC1. The van der Waals surface area contributed by atoms with E-state index in [0.29, 0.717) is 12.2 Å². The zero-order valence-corrected chi connectivity index (χ0v) is 19.7. The average Bonchev–Trinajstić information content (AvgIpc) is 3.22. The molecule has 0 atom stereocenters. The number of hydrogen-bond donors (Lipinski definition) is 1. The molecule has 3 aromatic rings. The molecule has 1 aromatic carbocycles. The lowest BCUT2D eigenvalue weighted by molar-refractivity contribution is 0.0715. The first kappa shape index (κ1) is 22.6. The number of phenolic OH excluding ortho intramolecular Hbond substituents is 1. The number of aromatic nitrogens is 3. The fourth-order valence-corrected chi connectivity index (χ4v) is 5.18. The predicted molar refractivity (Wildman–Crippen MR) is 130 cm³/mol. The van der Waals surface area contributed by atoms with Gasteiger partial charge in [0, 0.05) is 69.3 Å². The number of rotatable bonds is 7. The van der Waals surface area contributed by atoms with Gasteiger partial charge in [0.05, 0.1) is 0 Å². The molecule has 34 heavy (non-hydrogen) atoms. The van der Waals surface area contributed by atoms with Gasteiger partial charge in [-0.3, -0.25) is 19.4 Å². The molecule has 5 rings (SSSR count). The number of amides is 1. The third kappa shape index (κ3) is 5.14. The van der Waals surface area contributed by atoms with Crippen LogP contribution >= 0.6 is 0 Å². The van der Waals surface area contributed by atoms with E-state index in [1.54, 1.807) is 12.3 Å². The minimum atomic E-state index is 0.0844. The van der Waals surface area contributed by atoms with E-state index >= 15 is 0 Å². The van der Waals surface area contributed by atoms with Gasteiger partial charge < -0.3 is 10.0 Å². The number of aromatic hydroxyl groups is 1. The third-order valence-corrected chi connectivity index (χ3v) is 6.93. The van der Waals surface area contributed by atoms with E-state index < -0.39 is 0 Å². The van der Waals surface area contributed by atoms with E-state index in [9.17, 15) is 9.90 Å². The number of benzene rings is 1. The molecule has 0 radical (unpaired) electrons. The van der Waals surface area contributed by atoms with Crippen LogP contribution in [0, 0.1) is 0 Å². The molecule has 178 valence electrons. The molecular formula is C27H33N5O2. The van der Waals surface area contributed by atoms with Crippen LogP contribution in [0.4, 0.5) is 0 Å². The van der Waals surface area contributed by atoms with Gasteiger partial charge >= 0.3 is 0 Å². The maximum Gasteiger partial charge on any atom is 0.274 e. The van der Waals surface area contributed by atoms with Crippen molar-refractivity contribution in [2.45, 2.75) is 58.2 Å². The summed E-state index contributed by atoms with van der Waals surface area (Å²) < 4.78 is 2.09. The predicted octanol–water partition coefficient (Wildman–Crippen LogP) is 3.80. The molecule has 1 fully saturated rings. The highest BCUT2D eigenvalue weighted by atomic mass is 16.3. The van der Waals surface area contributed by atoms with Crippen molar-refractivity contribution in [3.8, 4) is 5.75 Å². The highest BCUT2D eigenvalue weighted by molar-refractivity contribution is 5.94. The van der Waals surface area contributed by atoms with Gasteiger partial charge in [-0.05, 0) is 61.4 Å². The second-order valence-electron chi connectivity index (χ2n) is 9.45. The number of likely N-dealkylation sites (tertiary alicyclic amines) is 1. The van der Waals surface area contributed by atoms with Crippen molar-refractivity contribution < 1.29 is 9.90 Å². The first-order valence-electron chi connectivity index (χ1n) is 12.4. The molecule has 2 aromatic heterocycles. The molecule has 7 nitrogen and oxygen atoms in total. The van der Waals surface area contributed by atoms with Crippen molar-refractivity contribution in [2.24, 2.45) is 0 Å². The molecule has 0 unspecified atom stereocenters. The van der Waals surface area contributed by atoms with Crippen molar-refractivity contribution >= 4 is 5.91 Å². The largest absolute Gasteiger partial charge is 0.508 e. The number of fused-ring (bicyclic) bond motifs is 1. The molecule has 2 aliphatic rings. The second kappa shape index (κ2) is 10.4. The number of nitrogens with zero attached hydrogens (tertiary/aromatic N) is 5. The summed E-state index contributed by atoms with van der Waals surface area (Å²) in [7, 11) is 0. The van der Waals surface area contributed by atoms with Crippen LogP contribution in [0.2, 0.25) is 0 Å². The number of carbonyl (C=O) groups excluding carboxylic acids is 1. The van der Waals surface area contributed by atoms with E-state index in [1.165, 1.54) is 17.7 Å². The van der Waals surface area contributed by atoms with Crippen molar-refractivity contribution in [1.82, 2.24) is 24.6 Å². The average molecular weight is 460 g/mol. The third-order valence-electron chi connectivity index (χ3n) is 6.93. The summed E-state index contributed by atoms with van der Waals surface area (Å²) in [6.07, 6.45) is 9.85. The quantitative estimate of drug-likeness (QED) is 0.582. The number of hydrogen-bond acceptors (Lipinski definition) is 5. The Bertz CT molecular complexity index is 1120. The zero-order valence-electron chi connectivity index (χ0n) is 19.7. The molecule has 4 heterocycles. The van der Waals surface area contributed by atoms with Crippen LogP contribution in [-0.4, -0.2) is 55.2 Å². The van der Waals surface area contributed by atoms with Gasteiger partial charge in [0.25, 0.3) is 5.91 Å². The molecule has 0 saturated carbocycles. The van der Waals surface area contributed by atoms with Crippen molar-refractivity contribution in [3.05, 3.63) is 76.9 Å². The van der Waals surface area contributed by atoms with Crippen LogP contribution in [0.3, 0.4) is 0 Å². The summed E-state index contributed by atoms with van der Waals surface area (Å²) in [4.78, 5) is 22.0. The van der Waals surface area contributed by atoms with Gasteiger partial charge in [-0.1, -0.05) is 18.2 Å². The van der Waals surface area contributed by atoms with Crippen LogP contribution in [-0.2, 0) is 32.5 Å². The highest BCUT2D eigenvalue weighted by Crippen LogP contribution is 2.27. The van der Waals surface area contributed by atoms with Gasteiger partial charge in [-0.25, -0.2) is 0 Å². The molecule has 0 spiro atoms. The van der Waals surface area contributed by atoms with Gasteiger partial charge in [-0.15, -0.1) is 0 Å². The lowest BCUT2D eigenvalue weighted by Crippen LogP contribution is -2.37. The first-order valence-corrected chi connectivity index (χ1v) is 12.4. The number of carbonyl (C=O) groups is 1. The van der Waals surface area contributed by atoms with Crippen molar-refractivity contribution in [3.63, 3.8) is 0 Å². The Hall–Kier alpha value is -3.19. The fraction of sp³-hybridized carbons (Fsp3) is 0.444. The van der Waals surface area contributed by atoms with Crippen LogP contribution in [0.5, 0.6) is 5.75 Å². The molecule has 1 amide bonds. The Kier molecular flexibility index (Phi) is 6.90. The van der Waals surface area contributed by atoms with Crippen LogP contribution in [0.15, 0.2) is 48.8 Å². The Morgan fingerprint density at radius 2 is 1.88 bits per heavy atom. The minimum absolute atomic E-state index is 0.0844. The van der Waals surface area contributed by atoms with Gasteiger partial charge in [0.1, 0.15) is 5.75 Å². The molecule has 1 N–H and O–H groups in total. The summed E-state index contributed by atoms with van der Waals surface area (Å²) in [5.74, 6) is 0.374. The fourth-order valence-electron chi connectivity index (χ4n) is 5.18. The molecule has 2 aliphatic heterocycles. The molecule has 0 aliphatic carbocycles. The van der Waals surface area contributed by atoms with Crippen molar-refractivity contribution in [1.29, 1.82) is 0 Å². The number of pyridine rings is 1. The van der Waals surface area contributed by atoms with Gasteiger partial charge in [0.2, 0.25) is 0 Å². The van der Waals surface area contributed by atoms with E-state index in [0.717, 1.165) is 76.0 Å². The lowest BCUT2D eigenvalue weighted by Gasteiger charge is -2.29. The molecular weight excluding hydrogens is 426 g/mol. The monoisotopic (exact) mass is 459 g/mol. The van der Waals surface area contributed by atoms with E-state index in [-0.39, 0.29) is 11.7 Å². The summed E-state index contributed by atoms with van der Waals surface area (Å²) in [6, 6.07) is 11.5. The first-order chi connectivity index (χ1) is 16.7. The maximum atomic E-state index is 13.5. The van der Waals surface area contributed by atoms with Gasteiger partial charge in [-0.2, -0.15) is 5.10 Å². The van der Waals surface area contributed by atoms with Crippen LogP contribution < -0.4 is 0 Å². The highest BCUT2D eigenvalue weighted by Gasteiger charge is 2.30. The molecule has 1 saturated heterocycles. The summed E-state index contributed by atoms with van der Waals surface area (Å²) >= 11 is 0. The van der Waals surface area contributed by atoms with Crippen molar-refractivity contribution in [2.75, 3.05) is 19.6 Å². The lowest BCUT2D eigenvalue weighted by atomic mass is 10.0. The number of aryl methyl sites for hydroxylation is 2. The maximum absolute atomic E-state index is 13.5. The Labute approximate surface area is 201 Å². The standard InChI is InChI=1S/C27H33N5O2/c33-23-10-4-7-22(17-23)19-30-16-11-25-24(20-30)26(27(34)31-13-2-1-3-14-31)29-32(25)15-6-9-21-8-5-12-28-18-21/h4-5,7-8,10,12,17-18,33H,1-3,6,9,11,13-16,19-20H2. The summed E-state index contributed by atoms with van der Waals surface area (Å²) in [6.45, 7) is 4.83.